The number of hydrogen-bond donors (Lipinski definition) is 1. The van der Waals surface area contributed by atoms with Crippen LogP contribution >= 0.6 is 0 Å². The number of aliphatic hydroxyl groups excluding tert-OH is 1. The fraction of sp³-hybridized carbons (Fsp3) is 0.148. The van der Waals surface area contributed by atoms with E-state index in [4.69, 9.17) is 0 Å². The van der Waals surface area contributed by atoms with Gasteiger partial charge in [0.15, 0.2) is 5.76 Å². The largest absolute Gasteiger partial charge is 0.505 e. The van der Waals surface area contributed by atoms with Crippen molar-refractivity contribution in [1.29, 1.82) is 0 Å². The minimum absolute atomic E-state index is 0.0908. The van der Waals surface area contributed by atoms with Crippen molar-refractivity contribution in [2.45, 2.75) is 19.4 Å². The van der Waals surface area contributed by atoms with Gasteiger partial charge in [0, 0.05) is 12.7 Å². The van der Waals surface area contributed by atoms with E-state index in [1.807, 2.05) is 78.9 Å². The summed E-state index contributed by atoms with van der Waals surface area (Å²) in [6.07, 6.45) is 2.39. The number of pyridine rings is 1. The second-order valence-electron chi connectivity index (χ2n) is 8.11. The number of carbonyl (C=O) groups excluding carboxylic acids is 2. The van der Waals surface area contributed by atoms with Crippen LogP contribution in [0.5, 0.6) is 0 Å². The van der Waals surface area contributed by atoms with E-state index in [1.54, 1.807) is 22.4 Å². The lowest BCUT2D eigenvalue weighted by Gasteiger charge is -2.25. The summed E-state index contributed by atoms with van der Waals surface area (Å²) in [6, 6.07) is 24.0. The molecule has 1 aliphatic heterocycles. The summed E-state index contributed by atoms with van der Waals surface area (Å²) in [7, 11) is 0. The normalized spacial score (nSPS) is 17.7. The molecule has 0 saturated carbocycles. The smallest absolute Gasteiger partial charge is 0.295 e. The number of Topliss-reactive ketones (excluding diaryl/α,β-unsaturated/α-hetero) is 1. The molecule has 4 aromatic rings. The first-order chi connectivity index (χ1) is 16.1. The number of likely N-dealkylation sites (tertiary alicyclic amines) is 1. The summed E-state index contributed by atoms with van der Waals surface area (Å²) in [5, 5.41) is 11.4. The summed E-state index contributed by atoms with van der Waals surface area (Å²) in [6.45, 7) is 2.14. The Morgan fingerprint density at radius 2 is 1.61 bits per heavy atom. The van der Waals surface area contributed by atoms with Crippen LogP contribution in [0.15, 0.2) is 90.6 Å². The van der Waals surface area contributed by atoms with Gasteiger partial charge in [-0.1, -0.05) is 66.7 Å². The lowest BCUT2D eigenvalue weighted by molar-refractivity contribution is -0.139. The molecule has 164 valence electrons. The molecule has 0 spiro atoms. The van der Waals surface area contributed by atoms with Crippen LogP contribution in [0.4, 0.5) is 0 Å². The van der Waals surface area contributed by atoms with Crippen molar-refractivity contribution in [3.05, 3.63) is 113 Å². The number of benzene rings is 2. The SMILES string of the molecule is Cc1nc2ccccn2c1/C(O)=C1\C(=O)C(=O)N(CCc2ccccc2)C1c1ccccc1. The summed E-state index contributed by atoms with van der Waals surface area (Å²) < 4.78 is 1.74. The van der Waals surface area contributed by atoms with E-state index in [0.717, 1.165) is 11.1 Å². The average molecular weight is 437 g/mol. The zero-order valence-corrected chi connectivity index (χ0v) is 18.2. The van der Waals surface area contributed by atoms with Crippen molar-refractivity contribution in [3.63, 3.8) is 0 Å². The molecule has 1 amide bonds. The highest BCUT2D eigenvalue weighted by Crippen LogP contribution is 2.39. The minimum atomic E-state index is -0.681. The third kappa shape index (κ3) is 3.59. The van der Waals surface area contributed by atoms with E-state index in [9.17, 15) is 14.7 Å². The number of rotatable bonds is 5. The Morgan fingerprint density at radius 1 is 0.939 bits per heavy atom. The molecule has 0 bridgehead atoms. The molecule has 1 fully saturated rings. The maximum absolute atomic E-state index is 13.3. The molecule has 6 nitrogen and oxygen atoms in total. The third-order valence-electron chi connectivity index (χ3n) is 6.07. The van der Waals surface area contributed by atoms with Gasteiger partial charge in [0.1, 0.15) is 11.3 Å². The van der Waals surface area contributed by atoms with Crippen molar-refractivity contribution < 1.29 is 14.7 Å². The van der Waals surface area contributed by atoms with Gasteiger partial charge in [-0.2, -0.15) is 0 Å². The van der Waals surface area contributed by atoms with Crippen LogP contribution in [0.3, 0.4) is 0 Å². The van der Waals surface area contributed by atoms with E-state index in [1.165, 1.54) is 0 Å². The zero-order chi connectivity index (χ0) is 22.9. The first-order valence-electron chi connectivity index (χ1n) is 10.9. The van der Waals surface area contributed by atoms with Gasteiger partial charge in [0.2, 0.25) is 0 Å². The van der Waals surface area contributed by atoms with Crippen LogP contribution < -0.4 is 0 Å². The second kappa shape index (κ2) is 8.39. The molecule has 2 aromatic heterocycles. The lowest BCUT2D eigenvalue weighted by Crippen LogP contribution is -2.31. The molecule has 2 aromatic carbocycles. The topological polar surface area (TPSA) is 74.9 Å². The van der Waals surface area contributed by atoms with Crippen molar-refractivity contribution >= 4 is 23.1 Å². The quantitative estimate of drug-likeness (QED) is 0.287. The Kier molecular flexibility index (Phi) is 5.26. The molecular formula is C27H23N3O3. The van der Waals surface area contributed by atoms with Gasteiger partial charge < -0.3 is 10.0 Å². The fourth-order valence-corrected chi connectivity index (χ4v) is 4.51. The van der Waals surface area contributed by atoms with E-state index < -0.39 is 17.7 Å². The first-order valence-corrected chi connectivity index (χ1v) is 10.9. The van der Waals surface area contributed by atoms with Crippen LogP contribution in [0, 0.1) is 6.92 Å². The molecule has 33 heavy (non-hydrogen) atoms. The Hall–Kier alpha value is -4.19. The van der Waals surface area contributed by atoms with Gasteiger partial charge in [-0.3, -0.25) is 14.0 Å². The molecule has 0 aliphatic carbocycles. The molecule has 1 unspecified atom stereocenters. The number of imidazole rings is 1. The summed E-state index contributed by atoms with van der Waals surface area (Å²) in [4.78, 5) is 32.5. The fourth-order valence-electron chi connectivity index (χ4n) is 4.51. The predicted molar refractivity (Wildman–Crippen MR) is 126 cm³/mol. The monoisotopic (exact) mass is 437 g/mol. The Labute approximate surface area is 191 Å². The molecule has 0 radical (unpaired) electrons. The second-order valence-corrected chi connectivity index (χ2v) is 8.11. The Bertz CT molecular complexity index is 1370. The lowest BCUT2D eigenvalue weighted by atomic mass is 9.96. The molecule has 3 heterocycles. The van der Waals surface area contributed by atoms with Gasteiger partial charge in [-0.05, 0) is 36.6 Å². The number of aryl methyl sites for hydroxylation is 1. The van der Waals surface area contributed by atoms with Gasteiger partial charge in [-0.15, -0.1) is 0 Å². The van der Waals surface area contributed by atoms with Crippen molar-refractivity contribution in [3.8, 4) is 0 Å². The molecule has 1 N–H and O–H groups in total. The number of nitrogens with zero attached hydrogens (tertiary/aromatic N) is 3. The summed E-state index contributed by atoms with van der Waals surface area (Å²) in [5.74, 6) is -1.49. The summed E-state index contributed by atoms with van der Waals surface area (Å²) >= 11 is 0. The molecule has 1 aliphatic rings. The van der Waals surface area contributed by atoms with Crippen LogP contribution in [0.1, 0.15) is 28.6 Å². The highest BCUT2D eigenvalue weighted by atomic mass is 16.3. The molecule has 1 saturated heterocycles. The number of fused-ring (bicyclic) bond motifs is 1. The predicted octanol–water partition coefficient (Wildman–Crippen LogP) is 4.31. The van der Waals surface area contributed by atoms with Crippen LogP contribution in [-0.4, -0.2) is 37.6 Å². The number of aliphatic hydroxyl groups is 1. The Balaban J connectivity index is 1.64. The molecule has 1 atom stereocenters. The van der Waals surface area contributed by atoms with E-state index in [-0.39, 0.29) is 11.3 Å². The van der Waals surface area contributed by atoms with Gasteiger partial charge in [0.05, 0.1) is 17.3 Å². The number of ketones is 1. The highest BCUT2D eigenvalue weighted by molar-refractivity contribution is 6.46. The number of aromatic nitrogens is 2. The molecule has 5 rings (SSSR count). The first kappa shape index (κ1) is 20.7. The van der Waals surface area contributed by atoms with Gasteiger partial charge in [-0.25, -0.2) is 4.98 Å². The standard InChI is InChI=1S/C27H23N3O3/c1-18-23(29-16-9-8-14-21(29)28-18)25(31)22-24(20-12-6-3-7-13-20)30(27(33)26(22)32)17-15-19-10-4-2-5-11-19/h2-14,16,24,31H,15,17H2,1H3/b25-22+. The molecular weight excluding hydrogens is 414 g/mol. The van der Waals surface area contributed by atoms with E-state index >= 15 is 0 Å². The number of amides is 1. The molecule has 6 heteroatoms. The van der Waals surface area contributed by atoms with Gasteiger partial charge in [0.25, 0.3) is 11.7 Å². The van der Waals surface area contributed by atoms with E-state index in [2.05, 4.69) is 4.98 Å². The number of carbonyl (C=O) groups is 2. The van der Waals surface area contributed by atoms with Crippen LogP contribution in [-0.2, 0) is 16.0 Å². The third-order valence-corrected chi connectivity index (χ3v) is 6.07. The van der Waals surface area contributed by atoms with Crippen molar-refractivity contribution in [2.24, 2.45) is 0 Å². The minimum Gasteiger partial charge on any atom is -0.505 e. The maximum Gasteiger partial charge on any atom is 0.295 e. The van der Waals surface area contributed by atoms with Crippen LogP contribution in [0.2, 0.25) is 0 Å². The van der Waals surface area contributed by atoms with Crippen LogP contribution in [0.25, 0.3) is 11.4 Å². The van der Waals surface area contributed by atoms with Crippen molar-refractivity contribution in [2.75, 3.05) is 6.54 Å². The van der Waals surface area contributed by atoms with E-state index in [0.29, 0.717) is 30.0 Å². The highest BCUT2D eigenvalue weighted by Gasteiger charge is 2.46. The van der Waals surface area contributed by atoms with Gasteiger partial charge >= 0.3 is 0 Å². The maximum atomic E-state index is 13.3. The number of hydrogen-bond acceptors (Lipinski definition) is 4. The zero-order valence-electron chi connectivity index (χ0n) is 18.2. The van der Waals surface area contributed by atoms with Crippen molar-refractivity contribution in [1.82, 2.24) is 14.3 Å². The average Bonchev–Trinajstić information content (AvgIpc) is 3.31. The summed E-state index contributed by atoms with van der Waals surface area (Å²) in [5.41, 5.74) is 3.61. The Morgan fingerprint density at radius 3 is 2.33 bits per heavy atom.